The van der Waals surface area contributed by atoms with Crippen molar-refractivity contribution in [1.82, 2.24) is 4.90 Å². The van der Waals surface area contributed by atoms with Crippen molar-refractivity contribution in [3.8, 4) is 11.3 Å². The fourth-order valence-corrected chi connectivity index (χ4v) is 3.16. The highest BCUT2D eigenvalue weighted by atomic mass is 35.5. The molecule has 0 N–H and O–H groups in total. The molecule has 0 radical (unpaired) electrons. The lowest BCUT2D eigenvalue weighted by atomic mass is 10.1. The van der Waals surface area contributed by atoms with Gasteiger partial charge in [0, 0.05) is 24.3 Å². The molecule has 0 saturated carbocycles. The van der Waals surface area contributed by atoms with Crippen molar-refractivity contribution in [2.24, 2.45) is 0 Å². The van der Waals surface area contributed by atoms with Crippen molar-refractivity contribution in [3.05, 3.63) is 51.6 Å². The number of carbonyl (C=O) groups is 3. The van der Waals surface area contributed by atoms with Gasteiger partial charge in [-0.1, -0.05) is 23.7 Å². The molecule has 6 nitrogen and oxygen atoms in total. The molecule has 2 heterocycles. The first kappa shape index (κ1) is 16.4. The van der Waals surface area contributed by atoms with Gasteiger partial charge in [0.2, 0.25) is 0 Å². The maximum Gasteiger partial charge on any atom is 0.293 e. The Balaban J connectivity index is 1.89. The molecule has 1 aliphatic heterocycles. The molecule has 24 heavy (non-hydrogen) atoms. The first-order chi connectivity index (χ1) is 11.4. The number of carbonyl (C=O) groups excluding carboxylic acids is 3. The van der Waals surface area contributed by atoms with E-state index in [1.54, 1.807) is 18.2 Å². The van der Waals surface area contributed by atoms with Gasteiger partial charge in [0.05, 0.1) is 15.9 Å². The molecular weight excluding hydrogens is 354 g/mol. The number of thioether (sulfide) groups is 1. The second kappa shape index (κ2) is 6.18. The van der Waals surface area contributed by atoms with Gasteiger partial charge in [0.15, 0.2) is 0 Å². The van der Waals surface area contributed by atoms with Crippen LogP contribution >= 0.6 is 23.4 Å². The molecule has 8 heteroatoms. The van der Waals surface area contributed by atoms with E-state index < -0.39 is 5.97 Å². The predicted octanol–water partition coefficient (Wildman–Crippen LogP) is 2.63. The summed E-state index contributed by atoms with van der Waals surface area (Å²) < 4.78 is 5.61. The molecule has 2 aromatic rings. The lowest BCUT2D eigenvalue weighted by molar-refractivity contribution is -0.255. The first-order valence-corrected chi connectivity index (χ1v) is 7.89. The molecule has 1 aliphatic rings. The zero-order chi connectivity index (χ0) is 17.4. The summed E-state index contributed by atoms with van der Waals surface area (Å²) in [5.74, 6) is -0.904. The van der Waals surface area contributed by atoms with Crippen LogP contribution < -0.4 is 5.11 Å². The highest BCUT2D eigenvalue weighted by molar-refractivity contribution is 8.18. The summed E-state index contributed by atoms with van der Waals surface area (Å²) in [4.78, 5) is 35.5. The Morgan fingerprint density at radius 3 is 2.62 bits per heavy atom. The van der Waals surface area contributed by atoms with E-state index in [0.717, 1.165) is 16.7 Å². The molecule has 0 spiro atoms. The van der Waals surface area contributed by atoms with Gasteiger partial charge in [-0.25, -0.2) is 0 Å². The summed E-state index contributed by atoms with van der Waals surface area (Å²) >= 11 is 6.74. The molecule has 2 amide bonds. The topological polar surface area (TPSA) is 90.7 Å². The molecule has 0 aliphatic carbocycles. The van der Waals surface area contributed by atoms with Crippen molar-refractivity contribution in [2.45, 2.75) is 0 Å². The van der Waals surface area contributed by atoms with Gasteiger partial charge < -0.3 is 14.3 Å². The zero-order valence-corrected chi connectivity index (χ0v) is 13.8. The summed E-state index contributed by atoms with van der Waals surface area (Å²) in [6.07, 6.45) is 1.48. The Kier molecular flexibility index (Phi) is 4.21. The smallest absolute Gasteiger partial charge is 0.293 e. The molecule has 1 aromatic heterocycles. The Labute approximate surface area is 145 Å². The molecule has 3 rings (SSSR count). The van der Waals surface area contributed by atoms with Crippen LogP contribution in [0.1, 0.15) is 16.1 Å². The van der Waals surface area contributed by atoms with Crippen LogP contribution in [0.4, 0.5) is 4.79 Å². The third-order valence-electron chi connectivity index (χ3n) is 3.36. The van der Waals surface area contributed by atoms with Crippen LogP contribution in [-0.2, 0) is 4.79 Å². The zero-order valence-electron chi connectivity index (χ0n) is 12.2. The van der Waals surface area contributed by atoms with Crippen molar-refractivity contribution in [3.63, 3.8) is 0 Å². The summed E-state index contributed by atoms with van der Waals surface area (Å²) in [5.41, 5.74) is 0.470. The van der Waals surface area contributed by atoms with Gasteiger partial charge in [-0.05, 0) is 30.0 Å². The van der Waals surface area contributed by atoms with E-state index in [1.165, 1.54) is 25.3 Å². The van der Waals surface area contributed by atoms with Crippen LogP contribution in [0.15, 0.2) is 39.7 Å². The largest absolute Gasteiger partial charge is 0.545 e. The Bertz CT molecular complexity index is 902. The Hall–Kier alpha value is -2.51. The number of hydrogen-bond acceptors (Lipinski definition) is 6. The van der Waals surface area contributed by atoms with E-state index in [1.807, 2.05) is 0 Å². The number of likely N-dealkylation sites (N-methyl/N-ethyl adjacent to an activating group) is 1. The number of nitrogens with zero attached hydrogens (tertiary/aromatic N) is 1. The van der Waals surface area contributed by atoms with E-state index in [0.29, 0.717) is 17.1 Å². The summed E-state index contributed by atoms with van der Waals surface area (Å²) in [5, 5.41) is 10.6. The van der Waals surface area contributed by atoms with Crippen LogP contribution in [0.2, 0.25) is 5.02 Å². The second-order valence-electron chi connectivity index (χ2n) is 4.92. The summed E-state index contributed by atoms with van der Waals surface area (Å²) in [6.45, 7) is 0. The van der Waals surface area contributed by atoms with Crippen LogP contribution in [-0.4, -0.2) is 29.1 Å². The minimum atomic E-state index is -1.36. The van der Waals surface area contributed by atoms with Gasteiger partial charge >= 0.3 is 0 Å². The Morgan fingerprint density at radius 1 is 1.29 bits per heavy atom. The molecular formula is C16H9ClNO5S-. The quantitative estimate of drug-likeness (QED) is 0.779. The van der Waals surface area contributed by atoms with E-state index >= 15 is 0 Å². The van der Waals surface area contributed by atoms with E-state index in [-0.39, 0.29) is 26.6 Å². The van der Waals surface area contributed by atoms with Crippen LogP contribution in [0.25, 0.3) is 17.4 Å². The number of rotatable bonds is 3. The predicted molar refractivity (Wildman–Crippen MR) is 87.2 cm³/mol. The van der Waals surface area contributed by atoms with E-state index in [9.17, 15) is 19.5 Å². The van der Waals surface area contributed by atoms with Crippen LogP contribution in [0, 0.1) is 0 Å². The minimum Gasteiger partial charge on any atom is -0.545 e. The van der Waals surface area contributed by atoms with Gasteiger partial charge in [-0.15, -0.1) is 0 Å². The maximum absolute atomic E-state index is 11.8. The number of amides is 2. The van der Waals surface area contributed by atoms with Gasteiger partial charge in [-0.2, -0.15) is 0 Å². The molecule has 1 aromatic carbocycles. The third-order valence-corrected chi connectivity index (χ3v) is 4.63. The average molecular weight is 363 g/mol. The van der Waals surface area contributed by atoms with Crippen LogP contribution in [0.5, 0.6) is 0 Å². The molecule has 122 valence electrons. The molecule has 0 unspecified atom stereocenters. The number of halogens is 1. The number of hydrogen-bond donors (Lipinski definition) is 0. The summed E-state index contributed by atoms with van der Waals surface area (Å²) in [7, 11) is 1.41. The first-order valence-electron chi connectivity index (χ1n) is 6.69. The van der Waals surface area contributed by atoms with E-state index in [2.05, 4.69) is 0 Å². The number of imide groups is 1. The molecule has 0 bridgehead atoms. The van der Waals surface area contributed by atoms with Crippen LogP contribution in [0.3, 0.4) is 0 Å². The van der Waals surface area contributed by atoms with Crippen molar-refractivity contribution in [2.75, 3.05) is 7.05 Å². The number of benzene rings is 1. The highest BCUT2D eigenvalue weighted by Crippen LogP contribution is 2.33. The van der Waals surface area contributed by atoms with Crippen molar-refractivity contribution >= 4 is 46.6 Å². The van der Waals surface area contributed by atoms with E-state index in [4.69, 9.17) is 16.0 Å². The summed E-state index contributed by atoms with van der Waals surface area (Å²) in [6, 6.07) is 7.62. The normalized spacial score (nSPS) is 16.2. The second-order valence-corrected chi connectivity index (χ2v) is 6.33. The monoisotopic (exact) mass is 362 g/mol. The average Bonchev–Trinajstić information content (AvgIpc) is 3.09. The number of carboxylic acid groups (broad SMARTS) is 1. The maximum atomic E-state index is 11.8. The standard InChI is InChI=1S/C16H10ClNO5S/c1-18-14(19)13(24-16(18)22)7-9-3-5-12(23-9)8-2-4-10(15(20)21)11(17)6-8/h2-7H,1H3,(H,20,21)/p-1/b13-7+. The Morgan fingerprint density at radius 2 is 2.04 bits per heavy atom. The van der Waals surface area contributed by atoms with Gasteiger partial charge in [-0.3, -0.25) is 14.5 Å². The molecule has 0 atom stereocenters. The molecule has 1 saturated heterocycles. The fraction of sp³-hybridized carbons (Fsp3) is 0.0625. The number of furan rings is 1. The van der Waals surface area contributed by atoms with Crippen molar-refractivity contribution < 1.29 is 23.9 Å². The highest BCUT2D eigenvalue weighted by Gasteiger charge is 2.32. The fourth-order valence-electron chi connectivity index (χ4n) is 2.09. The lowest BCUT2D eigenvalue weighted by Crippen LogP contribution is -2.22. The third kappa shape index (κ3) is 2.95. The van der Waals surface area contributed by atoms with Gasteiger partial charge in [0.1, 0.15) is 11.5 Å². The SMILES string of the molecule is CN1C(=O)S/C(=C/c2ccc(-c3ccc(C(=O)[O-])c(Cl)c3)o2)C1=O. The molecule has 1 fully saturated rings. The number of carboxylic acids is 1. The minimum absolute atomic E-state index is 0.0394. The number of aromatic carboxylic acids is 1. The van der Waals surface area contributed by atoms with Gasteiger partial charge in [0.25, 0.3) is 11.1 Å². The lowest BCUT2D eigenvalue weighted by Gasteiger charge is -2.06. The van der Waals surface area contributed by atoms with Crippen molar-refractivity contribution in [1.29, 1.82) is 0 Å².